The lowest BCUT2D eigenvalue weighted by atomic mass is 10.1. The van der Waals surface area contributed by atoms with Crippen molar-refractivity contribution in [3.05, 3.63) is 40.3 Å². The van der Waals surface area contributed by atoms with Crippen molar-refractivity contribution in [2.24, 2.45) is 11.7 Å². The van der Waals surface area contributed by atoms with Crippen molar-refractivity contribution in [3.63, 3.8) is 0 Å². The zero-order valence-corrected chi connectivity index (χ0v) is 12.3. The molecule has 1 aromatic carbocycles. The van der Waals surface area contributed by atoms with Crippen molar-refractivity contribution >= 4 is 15.9 Å². The summed E-state index contributed by atoms with van der Waals surface area (Å²) in [5.74, 6) is 1.47. The van der Waals surface area contributed by atoms with E-state index in [1.807, 2.05) is 12.1 Å². The Bertz CT molecular complexity index is 516. The summed E-state index contributed by atoms with van der Waals surface area (Å²) in [5.41, 5.74) is 8.92. The van der Waals surface area contributed by atoms with Crippen molar-refractivity contribution in [2.45, 2.75) is 20.3 Å². The first kappa shape index (κ1) is 13.3. The van der Waals surface area contributed by atoms with Crippen LogP contribution in [0.4, 0.5) is 0 Å². The van der Waals surface area contributed by atoms with Gasteiger partial charge < -0.3 is 10.7 Å². The summed E-state index contributed by atoms with van der Waals surface area (Å²) < 4.78 is 1.08. The second-order valence-electron chi connectivity index (χ2n) is 4.71. The summed E-state index contributed by atoms with van der Waals surface area (Å²) in [5, 5.41) is 0. The van der Waals surface area contributed by atoms with Crippen molar-refractivity contribution in [3.8, 4) is 11.3 Å². The van der Waals surface area contributed by atoms with Crippen LogP contribution in [0.25, 0.3) is 11.3 Å². The first-order valence-electron chi connectivity index (χ1n) is 6.11. The molecule has 0 radical (unpaired) electrons. The molecule has 0 bridgehead atoms. The number of aryl methyl sites for hydroxylation is 1. The molecular formula is C14H18BrN3. The number of nitrogens with one attached hydrogen (secondary N) is 1. The van der Waals surface area contributed by atoms with Crippen molar-refractivity contribution < 1.29 is 0 Å². The van der Waals surface area contributed by atoms with Crippen LogP contribution in [0.2, 0.25) is 0 Å². The van der Waals surface area contributed by atoms with Gasteiger partial charge in [-0.25, -0.2) is 4.98 Å². The zero-order valence-electron chi connectivity index (χ0n) is 10.7. The molecule has 0 aliphatic rings. The monoisotopic (exact) mass is 307 g/mol. The van der Waals surface area contributed by atoms with Gasteiger partial charge in [-0.15, -0.1) is 0 Å². The number of nitrogens with zero attached hydrogens (tertiary/aromatic N) is 1. The van der Waals surface area contributed by atoms with E-state index in [4.69, 9.17) is 5.73 Å². The van der Waals surface area contributed by atoms with Crippen LogP contribution >= 0.6 is 15.9 Å². The molecule has 0 fully saturated rings. The Morgan fingerprint density at radius 3 is 2.61 bits per heavy atom. The smallest absolute Gasteiger partial charge is 0.107 e. The summed E-state index contributed by atoms with van der Waals surface area (Å²) in [4.78, 5) is 8.02. The van der Waals surface area contributed by atoms with E-state index in [-0.39, 0.29) is 0 Å². The number of aromatic nitrogens is 2. The summed E-state index contributed by atoms with van der Waals surface area (Å²) in [6.45, 7) is 4.88. The fraction of sp³-hybridized carbons (Fsp3) is 0.357. The van der Waals surface area contributed by atoms with E-state index in [0.29, 0.717) is 12.5 Å². The lowest BCUT2D eigenvalue weighted by molar-refractivity contribution is 0.577. The maximum Gasteiger partial charge on any atom is 0.107 e. The van der Waals surface area contributed by atoms with Gasteiger partial charge in [0.05, 0.1) is 5.69 Å². The Hall–Kier alpha value is -1.13. The van der Waals surface area contributed by atoms with Crippen LogP contribution in [0, 0.1) is 12.8 Å². The molecule has 1 unspecified atom stereocenters. The first-order valence-corrected chi connectivity index (χ1v) is 6.91. The molecule has 4 heteroatoms. The van der Waals surface area contributed by atoms with Gasteiger partial charge in [-0.05, 0) is 31.5 Å². The number of benzene rings is 1. The number of halogens is 1. The molecule has 2 rings (SSSR count). The molecule has 96 valence electrons. The molecule has 1 heterocycles. The second-order valence-corrected chi connectivity index (χ2v) is 5.62. The van der Waals surface area contributed by atoms with Crippen LogP contribution in [0.1, 0.15) is 18.4 Å². The van der Waals surface area contributed by atoms with Gasteiger partial charge in [0.2, 0.25) is 0 Å². The number of aromatic amines is 1. The van der Waals surface area contributed by atoms with Gasteiger partial charge in [0, 0.05) is 22.2 Å². The highest BCUT2D eigenvalue weighted by Gasteiger charge is 2.10. The molecule has 18 heavy (non-hydrogen) atoms. The normalized spacial score (nSPS) is 12.7. The quantitative estimate of drug-likeness (QED) is 0.910. The molecule has 0 spiro atoms. The van der Waals surface area contributed by atoms with E-state index >= 15 is 0 Å². The molecule has 0 aliphatic heterocycles. The summed E-state index contributed by atoms with van der Waals surface area (Å²) in [7, 11) is 0. The van der Waals surface area contributed by atoms with Crippen LogP contribution in [0.3, 0.4) is 0 Å². The number of imidazole rings is 1. The highest BCUT2D eigenvalue weighted by molar-refractivity contribution is 9.10. The van der Waals surface area contributed by atoms with E-state index in [2.05, 4.69) is 51.9 Å². The molecule has 0 saturated carbocycles. The summed E-state index contributed by atoms with van der Waals surface area (Å²) in [6, 6.07) is 8.21. The minimum Gasteiger partial charge on any atom is -0.346 e. The van der Waals surface area contributed by atoms with Crippen LogP contribution in [0.15, 0.2) is 28.7 Å². The molecule has 0 aliphatic carbocycles. The topological polar surface area (TPSA) is 54.7 Å². The lowest BCUT2D eigenvalue weighted by Gasteiger charge is -2.04. The standard InChI is InChI=1S/C14H18BrN3/c1-9(8-16)7-13-17-10(2)14(18-13)11-3-5-12(15)6-4-11/h3-6,9H,7-8,16H2,1-2H3,(H,17,18). The molecule has 2 aromatic rings. The Morgan fingerprint density at radius 1 is 1.33 bits per heavy atom. The van der Waals surface area contributed by atoms with Gasteiger partial charge in [0.25, 0.3) is 0 Å². The van der Waals surface area contributed by atoms with E-state index in [0.717, 1.165) is 33.7 Å². The molecule has 3 nitrogen and oxygen atoms in total. The third kappa shape index (κ3) is 3.00. The Balaban J connectivity index is 2.26. The fourth-order valence-electron chi connectivity index (χ4n) is 1.92. The molecule has 1 atom stereocenters. The number of nitrogens with two attached hydrogens (primary N) is 1. The van der Waals surface area contributed by atoms with E-state index in [1.54, 1.807) is 0 Å². The number of H-pyrrole nitrogens is 1. The van der Waals surface area contributed by atoms with Gasteiger partial charge in [-0.3, -0.25) is 0 Å². The van der Waals surface area contributed by atoms with Crippen LogP contribution in [-0.2, 0) is 6.42 Å². The predicted molar refractivity (Wildman–Crippen MR) is 78.4 cm³/mol. The molecule has 0 amide bonds. The Morgan fingerprint density at radius 2 is 2.00 bits per heavy atom. The molecule has 1 aromatic heterocycles. The lowest BCUT2D eigenvalue weighted by Crippen LogP contribution is -2.13. The minimum atomic E-state index is 0.452. The number of rotatable bonds is 4. The van der Waals surface area contributed by atoms with Gasteiger partial charge in [0.1, 0.15) is 5.82 Å². The summed E-state index contributed by atoms with van der Waals surface area (Å²) >= 11 is 3.44. The Kier molecular flexibility index (Phi) is 4.19. The van der Waals surface area contributed by atoms with Crippen LogP contribution in [-0.4, -0.2) is 16.5 Å². The van der Waals surface area contributed by atoms with E-state index in [9.17, 15) is 0 Å². The minimum absolute atomic E-state index is 0.452. The third-order valence-corrected chi connectivity index (χ3v) is 3.52. The highest BCUT2D eigenvalue weighted by Crippen LogP contribution is 2.23. The third-order valence-electron chi connectivity index (χ3n) is 3.00. The van der Waals surface area contributed by atoms with Crippen molar-refractivity contribution in [1.82, 2.24) is 9.97 Å². The average Bonchev–Trinajstić information content (AvgIpc) is 2.71. The van der Waals surface area contributed by atoms with Gasteiger partial charge in [-0.1, -0.05) is 35.0 Å². The number of hydrogen-bond donors (Lipinski definition) is 2. The maximum atomic E-state index is 5.65. The molecule has 0 saturated heterocycles. The maximum absolute atomic E-state index is 5.65. The number of hydrogen-bond acceptors (Lipinski definition) is 2. The van der Waals surface area contributed by atoms with Crippen LogP contribution in [0.5, 0.6) is 0 Å². The highest BCUT2D eigenvalue weighted by atomic mass is 79.9. The van der Waals surface area contributed by atoms with E-state index in [1.165, 1.54) is 0 Å². The molecular weight excluding hydrogens is 290 g/mol. The van der Waals surface area contributed by atoms with Gasteiger partial charge in [0.15, 0.2) is 0 Å². The fourth-order valence-corrected chi connectivity index (χ4v) is 2.19. The van der Waals surface area contributed by atoms with Crippen molar-refractivity contribution in [2.75, 3.05) is 6.54 Å². The zero-order chi connectivity index (χ0) is 13.1. The van der Waals surface area contributed by atoms with Gasteiger partial charge >= 0.3 is 0 Å². The summed E-state index contributed by atoms with van der Waals surface area (Å²) in [6.07, 6.45) is 0.897. The Labute approximate surface area is 116 Å². The van der Waals surface area contributed by atoms with Crippen molar-refractivity contribution in [1.29, 1.82) is 0 Å². The predicted octanol–water partition coefficient (Wildman–Crippen LogP) is 3.28. The second kappa shape index (κ2) is 5.67. The molecule has 3 N–H and O–H groups in total. The van der Waals surface area contributed by atoms with E-state index < -0.39 is 0 Å². The largest absolute Gasteiger partial charge is 0.346 e. The average molecular weight is 308 g/mol. The van der Waals surface area contributed by atoms with Gasteiger partial charge in [-0.2, -0.15) is 0 Å². The SMILES string of the molecule is Cc1[nH]c(CC(C)CN)nc1-c1ccc(Br)cc1. The van der Waals surface area contributed by atoms with Crippen LogP contribution < -0.4 is 5.73 Å². The first-order chi connectivity index (χ1) is 8.60.